The molecular weight excluding hydrogens is 351 g/mol. The molecule has 4 heteroatoms. The molecule has 0 aliphatic heterocycles. The van der Waals surface area contributed by atoms with Crippen LogP contribution in [0.4, 0.5) is 5.69 Å². The molecule has 19 heavy (non-hydrogen) atoms. The first-order chi connectivity index (χ1) is 9.08. The summed E-state index contributed by atoms with van der Waals surface area (Å²) in [7, 11) is 0. The van der Waals surface area contributed by atoms with Gasteiger partial charge in [-0.3, -0.25) is 4.79 Å². The molecule has 2 aromatic carbocycles. The van der Waals surface area contributed by atoms with E-state index in [9.17, 15) is 4.79 Å². The Bertz CT molecular complexity index is 581. The van der Waals surface area contributed by atoms with Gasteiger partial charge in [-0.1, -0.05) is 18.2 Å². The van der Waals surface area contributed by atoms with Gasteiger partial charge in [-0.15, -0.1) is 0 Å². The summed E-state index contributed by atoms with van der Waals surface area (Å²) in [4.78, 5) is 12.1. The SMILES string of the molecule is CC(NC(=O)c1ccc(I)cc1)c1ccccc1N. The number of halogens is 1. The maximum Gasteiger partial charge on any atom is 0.251 e. The van der Waals surface area contributed by atoms with E-state index in [1.165, 1.54) is 0 Å². The lowest BCUT2D eigenvalue weighted by Gasteiger charge is -2.16. The number of rotatable bonds is 3. The minimum absolute atomic E-state index is 0.0906. The zero-order valence-electron chi connectivity index (χ0n) is 10.6. The maximum absolute atomic E-state index is 12.1. The summed E-state index contributed by atoms with van der Waals surface area (Å²) in [6, 6.07) is 14.9. The van der Waals surface area contributed by atoms with Crippen LogP contribution in [0.25, 0.3) is 0 Å². The third-order valence-corrected chi connectivity index (χ3v) is 3.64. The van der Waals surface area contributed by atoms with Gasteiger partial charge in [0.25, 0.3) is 5.91 Å². The molecule has 3 N–H and O–H groups in total. The van der Waals surface area contributed by atoms with Crippen molar-refractivity contribution in [3.05, 3.63) is 63.2 Å². The molecule has 0 aliphatic rings. The summed E-state index contributed by atoms with van der Waals surface area (Å²) in [6.07, 6.45) is 0. The van der Waals surface area contributed by atoms with Gasteiger partial charge in [0.1, 0.15) is 0 Å². The topological polar surface area (TPSA) is 55.1 Å². The molecule has 0 heterocycles. The molecule has 0 aromatic heterocycles. The first kappa shape index (κ1) is 13.9. The van der Waals surface area contributed by atoms with Crippen LogP contribution in [-0.2, 0) is 0 Å². The lowest BCUT2D eigenvalue weighted by molar-refractivity contribution is 0.0940. The minimum atomic E-state index is -0.118. The second kappa shape index (κ2) is 6.06. The fraction of sp³-hybridized carbons (Fsp3) is 0.133. The Balaban J connectivity index is 2.11. The highest BCUT2D eigenvalue weighted by molar-refractivity contribution is 14.1. The molecule has 0 aliphatic carbocycles. The first-order valence-electron chi connectivity index (χ1n) is 5.99. The Hall–Kier alpha value is -1.56. The van der Waals surface area contributed by atoms with E-state index >= 15 is 0 Å². The van der Waals surface area contributed by atoms with E-state index < -0.39 is 0 Å². The molecule has 3 nitrogen and oxygen atoms in total. The summed E-state index contributed by atoms with van der Waals surface area (Å²) < 4.78 is 1.11. The van der Waals surface area contributed by atoms with Crippen molar-refractivity contribution in [3.63, 3.8) is 0 Å². The summed E-state index contributed by atoms with van der Waals surface area (Å²) in [6.45, 7) is 1.93. The van der Waals surface area contributed by atoms with E-state index in [1.54, 1.807) is 0 Å². The molecule has 0 bridgehead atoms. The fourth-order valence-electron chi connectivity index (χ4n) is 1.86. The van der Waals surface area contributed by atoms with Crippen molar-refractivity contribution in [2.75, 3.05) is 5.73 Å². The highest BCUT2D eigenvalue weighted by Gasteiger charge is 2.12. The summed E-state index contributed by atoms with van der Waals surface area (Å²) in [5.74, 6) is -0.0906. The summed E-state index contributed by atoms with van der Waals surface area (Å²) in [5, 5.41) is 2.95. The fourth-order valence-corrected chi connectivity index (χ4v) is 2.22. The molecule has 98 valence electrons. The van der Waals surface area contributed by atoms with Crippen molar-refractivity contribution in [1.29, 1.82) is 0 Å². The van der Waals surface area contributed by atoms with Crippen molar-refractivity contribution in [2.45, 2.75) is 13.0 Å². The highest BCUT2D eigenvalue weighted by atomic mass is 127. The molecule has 0 radical (unpaired) electrons. The monoisotopic (exact) mass is 366 g/mol. The molecule has 0 fully saturated rings. The average Bonchev–Trinajstić information content (AvgIpc) is 2.39. The van der Waals surface area contributed by atoms with Gasteiger partial charge in [-0.05, 0) is 65.4 Å². The lowest BCUT2D eigenvalue weighted by Crippen LogP contribution is -2.27. The predicted octanol–water partition coefficient (Wildman–Crippen LogP) is 3.36. The normalized spacial score (nSPS) is 11.9. The number of benzene rings is 2. The average molecular weight is 366 g/mol. The second-order valence-electron chi connectivity index (χ2n) is 4.33. The van der Waals surface area contributed by atoms with E-state index in [2.05, 4.69) is 27.9 Å². The van der Waals surface area contributed by atoms with Crippen LogP contribution in [0.1, 0.15) is 28.9 Å². The highest BCUT2D eigenvalue weighted by Crippen LogP contribution is 2.19. The van der Waals surface area contributed by atoms with Gasteiger partial charge in [0.2, 0.25) is 0 Å². The van der Waals surface area contributed by atoms with Crippen LogP contribution in [0, 0.1) is 3.57 Å². The molecule has 2 rings (SSSR count). The number of carbonyl (C=O) groups is 1. The minimum Gasteiger partial charge on any atom is -0.398 e. The van der Waals surface area contributed by atoms with Crippen LogP contribution in [0.15, 0.2) is 48.5 Å². The van der Waals surface area contributed by atoms with E-state index in [-0.39, 0.29) is 11.9 Å². The van der Waals surface area contributed by atoms with Gasteiger partial charge >= 0.3 is 0 Å². The lowest BCUT2D eigenvalue weighted by atomic mass is 10.1. The quantitative estimate of drug-likeness (QED) is 0.647. The number of nitrogen functional groups attached to an aromatic ring is 1. The first-order valence-corrected chi connectivity index (χ1v) is 7.06. The number of anilines is 1. The number of para-hydroxylation sites is 1. The number of hydrogen-bond donors (Lipinski definition) is 2. The second-order valence-corrected chi connectivity index (χ2v) is 5.58. The van der Waals surface area contributed by atoms with Crippen molar-refractivity contribution >= 4 is 34.2 Å². The largest absolute Gasteiger partial charge is 0.398 e. The van der Waals surface area contributed by atoms with Gasteiger partial charge in [0.15, 0.2) is 0 Å². The molecule has 1 amide bonds. The van der Waals surface area contributed by atoms with Gasteiger partial charge in [-0.2, -0.15) is 0 Å². The van der Waals surface area contributed by atoms with E-state index in [0.29, 0.717) is 11.3 Å². The van der Waals surface area contributed by atoms with E-state index in [1.807, 2.05) is 55.5 Å². The molecule has 1 atom stereocenters. The van der Waals surface area contributed by atoms with Gasteiger partial charge in [-0.25, -0.2) is 0 Å². The molecule has 0 saturated carbocycles. The third kappa shape index (κ3) is 3.47. The smallest absolute Gasteiger partial charge is 0.251 e. The van der Waals surface area contributed by atoms with Crippen molar-refractivity contribution in [1.82, 2.24) is 5.32 Å². The zero-order chi connectivity index (χ0) is 13.8. The Morgan fingerprint density at radius 3 is 2.42 bits per heavy atom. The van der Waals surface area contributed by atoms with Crippen LogP contribution in [0.3, 0.4) is 0 Å². The Morgan fingerprint density at radius 2 is 1.79 bits per heavy atom. The molecule has 1 unspecified atom stereocenters. The molecular formula is C15H15IN2O. The summed E-state index contributed by atoms with van der Waals surface area (Å²) >= 11 is 2.21. The van der Waals surface area contributed by atoms with Crippen LogP contribution in [0.2, 0.25) is 0 Å². The Morgan fingerprint density at radius 1 is 1.16 bits per heavy atom. The number of hydrogen-bond acceptors (Lipinski definition) is 2. The van der Waals surface area contributed by atoms with Gasteiger partial charge < -0.3 is 11.1 Å². The van der Waals surface area contributed by atoms with Crippen LogP contribution in [0.5, 0.6) is 0 Å². The standard InChI is InChI=1S/C15H15IN2O/c1-10(13-4-2-3-5-14(13)17)18-15(19)11-6-8-12(16)9-7-11/h2-10H,17H2,1H3,(H,18,19). The van der Waals surface area contributed by atoms with E-state index in [4.69, 9.17) is 5.73 Å². The van der Waals surface area contributed by atoms with E-state index in [0.717, 1.165) is 9.13 Å². The van der Waals surface area contributed by atoms with Crippen LogP contribution >= 0.6 is 22.6 Å². The number of amides is 1. The molecule has 0 spiro atoms. The molecule has 0 saturated heterocycles. The van der Waals surface area contributed by atoms with Crippen molar-refractivity contribution < 1.29 is 4.79 Å². The van der Waals surface area contributed by atoms with Gasteiger partial charge in [0.05, 0.1) is 6.04 Å². The number of nitrogens with two attached hydrogens (primary N) is 1. The van der Waals surface area contributed by atoms with Crippen molar-refractivity contribution in [2.24, 2.45) is 0 Å². The zero-order valence-corrected chi connectivity index (χ0v) is 12.7. The van der Waals surface area contributed by atoms with Crippen LogP contribution < -0.4 is 11.1 Å². The van der Waals surface area contributed by atoms with Gasteiger partial charge in [0, 0.05) is 14.8 Å². The number of nitrogens with one attached hydrogen (secondary N) is 1. The third-order valence-electron chi connectivity index (χ3n) is 2.92. The number of carbonyl (C=O) groups excluding carboxylic acids is 1. The van der Waals surface area contributed by atoms with Crippen LogP contribution in [-0.4, -0.2) is 5.91 Å². The molecule has 2 aromatic rings. The summed E-state index contributed by atoms with van der Waals surface area (Å²) in [5.41, 5.74) is 8.18. The van der Waals surface area contributed by atoms with Crippen molar-refractivity contribution in [3.8, 4) is 0 Å². The predicted molar refractivity (Wildman–Crippen MR) is 85.9 cm³/mol. The Kier molecular flexibility index (Phi) is 4.42. The maximum atomic E-state index is 12.1. The Labute approximate surface area is 126 Å².